The molecule has 7 heteroatoms. The molecule has 1 heterocycles. The molecule has 4 N–H and O–H groups in total. The van der Waals surface area contributed by atoms with Crippen LogP contribution in [0.1, 0.15) is 43.8 Å². The fourth-order valence-corrected chi connectivity index (χ4v) is 4.49. The van der Waals surface area contributed by atoms with E-state index >= 15 is 0 Å². The number of aromatic amines is 1. The Bertz CT molecular complexity index is 1440. The molecule has 0 saturated heterocycles. The van der Waals surface area contributed by atoms with E-state index in [4.69, 9.17) is 10.5 Å². The first kappa shape index (κ1) is 22.6. The van der Waals surface area contributed by atoms with Crippen molar-refractivity contribution >= 4 is 34.1 Å². The number of ether oxygens (including phenoxy) is 1. The number of carbonyl (C=O) groups is 3. The number of para-hydroxylation sites is 1. The van der Waals surface area contributed by atoms with Gasteiger partial charge in [-0.1, -0.05) is 54.6 Å². The smallest absolute Gasteiger partial charge is 0.323 e. The number of H-pyrrole nitrogens is 1. The fourth-order valence-electron chi connectivity index (χ4n) is 4.49. The van der Waals surface area contributed by atoms with Crippen LogP contribution < -0.4 is 11.1 Å². The molecule has 176 valence electrons. The van der Waals surface area contributed by atoms with Crippen molar-refractivity contribution in [3.63, 3.8) is 0 Å². The second-order valence-electron chi connectivity index (χ2n) is 8.55. The lowest BCUT2D eigenvalue weighted by Crippen LogP contribution is -2.34. The zero-order valence-electron chi connectivity index (χ0n) is 19.0. The van der Waals surface area contributed by atoms with E-state index in [1.807, 2.05) is 30.5 Å². The third-order valence-corrected chi connectivity index (χ3v) is 6.25. The molecule has 0 amide bonds. The molecule has 35 heavy (non-hydrogen) atoms. The van der Waals surface area contributed by atoms with Gasteiger partial charge in [-0.25, -0.2) is 0 Å². The lowest BCUT2D eigenvalue weighted by molar-refractivity contribution is -0.145. The van der Waals surface area contributed by atoms with Crippen LogP contribution in [0.3, 0.4) is 0 Å². The molecule has 1 aliphatic rings. The Kier molecular flexibility index (Phi) is 6.16. The van der Waals surface area contributed by atoms with Gasteiger partial charge in [0.25, 0.3) is 0 Å². The zero-order chi connectivity index (χ0) is 24.4. The Balaban J connectivity index is 1.15. The summed E-state index contributed by atoms with van der Waals surface area (Å²) >= 11 is 0. The first-order valence-corrected chi connectivity index (χ1v) is 11.6. The Morgan fingerprint density at radius 3 is 2.46 bits per heavy atom. The highest BCUT2D eigenvalue weighted by Crippen LogP contribution is 2.31. The SMILES string of the molecule is N[C@@H](Cc1c[nH]c2ccccc12)C(=O)OCCCNc1cccc2c1C(=O)c1ccccc1C2=O. The minimum Gasteiger partial charge on any atom is -0.464 e. The summed E-state index contributed by atoms with van der Waals surface area (Å²) in [5, 5.41) is 4.26. The highest BCUT2D eigenvalue weighted by molar-refractivity contribution is 6.30. The number of hydrogen-bond donors (Lipinski definition) is 3. The first-order valence-electron chi connectivity index (χ1n) is 11.6. The molecule has 0 radical (unpaired) electrons. The third kappa shape index (κ3) is 4.34. The van der Waals surface area contributed by atoms with Crippen LogP contribution in [-0.2, 0) is 16.0 Å². The normalized spacial score (nSPS) is 13.3. The van der Waals surface area contributed by atoms with E-state index in [2.05, 4.69) is 10.3 Å². The predicted octanol–water partition coefficient (Wildman–Crippen LogP) is 3.86. The summed E-state index contributed by atoms with van der Waals surface area (Å²) in [5.74, 6) is -0.783. The summed E-state index contributed by atoms with van der Waals surface area (Å²) in [6.07, 6.45) is 2.77. The molecule has 1 aliphatic carbocycles. The highest BCUT2D eigenvalue weighted by Gasteiger charge is 2.31. The lowest BCUT2D eigenvalue weighted by Gasteiger charge is -2.20. The maximum absolute atomic E-state index is 13.1. The number of esters is 1. The molecule has 7 nitrogen and oxygen atoms in total. The summed E-state index contributed by atoms with van der Waals surface area (Å²) in [6.45, 7) is 0.655. The maximum atomic E-state index is 13.1. The molecule has 4 aromatic rings. The zero-order valence-corrected chi connectivity index (χ0v) is 19.0. The Labute approximate surface area is 202 Å². The number of anilines is 1. The lowest BCUT2D eigenvalue weighted by atomic mass is 9.83. The van der Waals surface area contributed by atoms with Crippen LogP contribution in [0.2, 0.25) is 0 Å². The second kappa shape index (κ2) is 9.56. The van der Waals surface area contributed by atoms with Crippen LogP contribution >= 0.6 is 0 Å². The average molecular weight is 468 g/mol. The second-order valence-corrected chi connectivity index (χ2v) is 8.55. The summed E-state index contributed by atoms with van der Waals surface area (Å²) in [4.78, 5) is 41.5. The van der Waals surface area contributed by atoms with Gasteiger partial charge in [0.15, 0.2) is 11.6 Å². The van der Waals surface area contributed by atoms with Gasteiger partial charge in [-0.3, -0.25) is 14.4 Å². The van der Waals surface area contributed by atoms with E-state index < -0.39 is 12.0 Å². The number of carbonyl (C=O) groups excluding carboxylic acids is 3. The van der Waals surface area contributed by atoms with Crippen molar-refractivity contribution in [3.05, 3.63) is 101 Å². The maximum Gasteiger partial charge on any atom is 0.323 e. The minimum atomic E-state index is -0.757. The van der Waals surface area contributed by atoms with Gasteiger partial charge in [0, 0.05) is 52.4 Å². The van der Waals surface area contributed by atoms with Crippen LogP contribution in [-0.4, -0.2) is 41.7 Å². The Morgan fingerprint density at radius 1 is 0.914 bits per heavy atom. The van der Waals surface area contributed by atoms with Crippen LogP contribution in [0.15, 0.2) is 72.9 Å². The molecule has 0 bridgehead atoms. The van der Waals surface area contributed by atoms with E-state index in [-0.39, 0.29) is 18.2 Å². The number of nitrogens with two attached hydrogens (primary N) is 1. The molecule has 0 aliphatic heterocycles. The summed E-state index contributed by atoms with van der Waals surface area (Å²) < 4.78 is 5.36. The van der Waals surface area contributed by atoms with E-state index in [9.17, 15) is 14.4 Å². The third-order valence-electron chi connectivity index (χ3n) is 6.25. The number of aromatic nitrogens is 1. The number of benzene rings is 3. The molecular formula is C28H25N3O4. The van der Waals surface area contributed by atoms with Crippen molar-refractivity contribution in [1.29, 1.82) is 0 Å². The molecule has 0 spiro atoms. The molecule has 0 unspecified atom stereocenters. The summed E-state index contributed by atoms with van der Waals surface area (Å²) in [5.41, 5.74) is 10.3. The van der Waals surface area contributed by atoms with Gasteiger partial charge in [0.05, 0.1) is 12.2 Å². The van der Waals surface area contributed by atoms with E-state index in [0.29, 0.717) is 47.3 Å². The summed E-state index contributed by atoms with van der Waals surface area (Å²) in [7, 11) is 0. The van der Waals surface area contributed by atoms with Crippen LogP contribution in [0.25, 0.3) is 10.9 Å². The van der Waals surface area contributed by atoms with Crippen molar-refractivity contribution in [2.45, 2.75) is 18.9 Å². The summed E-state index contributed by atoms with van der Waals surface area (Å²) in [6, 6.07) is 19.2. The van der Waals surface area contributed by atoms with Crippen LogP contribution in [0.5, 0.6) is 0 Å². The predicted molar refractivity (Wildman–Crippen MR) is 134 cm³/mol. The Hall–Kier alpha value is -4.23. The highest BCUT2D eigenvalue weighted by atomic mass is 16.5. The topological polar surface area (TPSA) is 114 Å². The van der Waals surface area contributed by atoms with Crippen molar-refractivity contribution in [2.75, 3.05) is 18.5 Å². The molecular weight excluding hydrogens is 442 g/mol. The monoisotopic (exact) mass is 467 g/mol. The van der Waals surface area contributed by atoms with Gasteiger partial charge in [0.1, 0.15) is 6.04 Å². The van der Waals surface area contributed by atoms with Gasteiger partial charge in [-0.05, 0) is 24.1 Å². The van der Waals surface area contributed by atoms with Gasteiger partial charge < -0.3 is 20.8 Å². The van der Waals surface area contributed by atoms with Crippen molar-refractivity contribution in [3.8, 4) is 0 Å². The van der Waals surface area contributed by atoms with Crippen molar-refractivity contribution in [2.24, 2.45) is 5.73 Å². The van der Waals surface area contributed by atoms with Gasteiger partial charge in [0.2, 0.25) is 0 Å². The van der Waals surface area contributed by atoms with Crippen molar-refractivity contribution < 1.29 is 19.1 Å². The number of ketones is 2. The van der Waals surface area contributed by atoms with E-state index in [1.165, 1.54) is 0 Å². The molecule has 1 aromatic heterocycles. The van der Waals surface area contributed by atoms with Crippen LogP contribution in [0.4, 0.5) is 5.69 Å². The number of fused-ring (bicyclic) bond motifs is 3. The fraction of sp³-hybridized carbons (Fsp3) is 0.179. The largest absolute Gasteiger partial charge is 0.464 e. The van der Waals surface area contributed by atoms with E-state index in [0.717, 1.165) is 16.5 Å². The molecule has 0 saturated carbocycles. The molecule has 3 aromatic carbocycles. The van der Waals surface area contributed by atoms with Crippen LogP contribution in [0, 0.1) is 0 Å². The quantitative estimate of drug-likeness (QED) is 0.236. The Morgan fingerprint density at radius 2 is 1.63 bits per heavy atom. The standard InChI is InChI=1S/C28H25N3O4/c29-22(15-17-16-31-23-11-4-3-7-18(17)23)28(34)35-14-6-13-30-24-12-5-10-21-25(24)27(33)20-9-2-1-8-19(20)26(21)32/h1-5,7-12,16,22,30-31H,6,13-15,29H2/t22-/m0/s1. The molecule has 5 rings (SSSR count). The van der Waals surface area contributed by atoms with Gasteiger partial charge >= 0.3 is 5.97 Å². The molecule has 0 fully saturated rings. The van der Waals surface area contributed by atoms with Gasteiger partial charge in [-0.2, -0.15) is 0 Å². The van der Waals surface area contributed by atoms with E-state index in [1.54, 1.807) is 42.5 Å². The number of nitrogens with one attached hydrogen (secondary N) is 2. The molecule has 1 atom stereocenters. The minimum absolute atomic E-state index is 0.156. The number of hydrogen-bond acceptors (Lipinski definition) is 6. The van der Waals surface area contributed by atoms with Gasteiger partial charge in [-0.15, -0.1) is 0 Å². The number of rotatable bonds is 8. The first-order chi connectivity index (χ1) is 17.0. The van der Waals surface area contributed by atoms with Crippen molar-refractivity contribution in [1.82, 2.24) is 4.98 Å². The average Bonchev–Trinajstić information content (AvgIpc) is 3.29.